The Bertz CT molecular complexity index is 1100. The van der Waals surface area contributed by atoms with Crippen LogP contribution in [0.4, 0.5) is 0 Å². The molecule has 0 aliphatic rings. The molecular weight excluding hydrogens is 411 g/mol. The van der Waals surface area contributed by atoms with E-state index in [4.69, 9.17) is 18.9 Å². The zero-order valence-electron chi connectivity index (χ0n) is 19.6. The number of rotatable bonds is 7. The number of ether oxygens (including phenoxy) is 4. The van der Waals surface area contributed by atoms with Crippen LogP contribution >= 0.6 is 0 Å². The van der Waals surface area contributed by atoms with E-state index in [9.17, 15) is 9.59 Å². The number of nitrogens with zero attached hydrogens (tertiary/aromatic N) is 1. The molecule has 1 aromatic heterocycles. The molecule has 0 bridgehead atoms. The van der Waals surface area contributed by atoms with Crippen LogP contribution in [0.5, 0.6) is 17.2 Å². The summed E-state index contributed by atoms with van der Waals surface area (Å²) in [7, 11) is 7.51. The van der Waals surface area contributed by atoms with Gasteiger partial charge in [-0.25, -0.2) is 4.79 Å². The number of hydrogen-bond acceptors (Lipinski definition) is 6. The molecule has 160 valence electrons. The first kappa shape index (κ1) is 24.6. The predicted molar refractivity (Wildman–Crippen MR) is 114 cm³/mol. The largest absolute Gasteiger partial charge is 1.00 e. The molecule has 8 nitrogen and oxygen atoms in total. The zero-order chi connectivity index (χ0) is 21.8. The Labute approximate surface area is 204 Å². The van der Waals surface area contributed by atoms with Crippen molar-refractivity contribution in [2.45, 2.75) is 6.54 Å². The number of fused-ring (bicyclic) bond motifs is 1. The standard InChI is InChI=1S/C22H24N2O6.Na.H/c1-23-19(25)12-24-16-11-18(29-4)17(28-3)10-15(16)20(21(24)22(26)30-5)13-6-8-14(27-2)9-7-13;;/h6-11H,12H2,1-5H3,(H,23,25);;/q;+1;-1. The van der Waals surface area contributed by atoms with Gasteiger partial charge in [0.2, 0.25) is 5.91 Å². The number of amides is 1. The second kappa shape index (κ2) is 10.6. The Morgan fingerprint density at radius 3 is 2.10 bits per heavy atom. The number of likely N-dealkylation sites (N-methyl/N-ethyl adjacent to an activating group) is 1. The molecule has 3 aromatic rings. The van der Waals surface area contributed by atoms with Gasteiger partial charge in [0.05, 0.1) is 34.0 Å². The van der Waals surface area contributed by atoms with Gasteiger partial charge in [-0.05, 0) is 23.8 Å². The van der Waals surface area contributed by atoms with Gasteiger partial charge in [-0.1, -0.05) is 12.1 Å². The summed E-state index contributed by atoms with van der Waals surface area (Å²) in [6, 6.07) is 10.8. The van der Waals surface area contributed by atoms with Crippen molar-refractivity contribution in [3.63, 3.8) is 0 Å². The van der Waals surface area contributed by atoms with Crippen molar-refractivity contribution in [2.24, 2.45) is 0 Å². The van der Waals surface area contributed by atoms with E-state index in [1.54, 1.807) is 50.1 Å². The van der Waals surface area contributed by atoms with Crippen LogP contribution in [0.3, 0.4) is 0 Å². The normalized spacial score (nSPS) is 10.2. The SMILES string of the molecule is CNC(=O)Cn1c(C(=O)OC)c(-c2ccc(OC)cc2)c2cc(OC)c(OC)cc21.[H-].[Na+]. The maximum atomic E-state index is 12.8. The van der Waals surface area contributed by atoms with E-state index in [1.807, 2.05) is 12.1 Å². The molecule has 1 N–H and O–H groups in total. The summed E-state index contributed by atoms with van der Waals surface area (Å²) in [4.78, 5) is 25.1. The van der Waals surface area contributed by atoms with Gasteiger partial charge in [0.25, 0.3) is 0 Å². The Hall–Kier alpha value is -2.68. The molecule has 9 heteroatoms. The summed E-state index contributed by atoms with van der Waals surface area (Å²) in [5, 5.41) is 3.32. The number of nitrogens with one attached hydrogen (secondary N) is 1. The van der Waals surface area contributed by atoms with Crippen molar-refractivity contribution >= 4 is 22.8 Å². The number of benzene rings is 2. The Balaban J connectivity index is 0.00000256. The molecule has 3 rings (SSSR count). The molecule has 2 aromatic carbocycles. The van der Waals surface area contributed by atoms with Gasteiger partial charge >= 0.3 is 35.5 Å². The maximum absolute atomic E-state index is 12.8. The summed E-state index contributed by atoms with van der Waals surface area (Å²) in [5.41, 5.74) is 2.30. The first-order valence-corrected chi connectivity index (χ1v) is 9.20. The molecule has 1 heterocycles. The molecule has 31 heavy (non-hydrogen) atoms. The first-order valence-electron chi connectivity index (χ1n) is 9.20. The average molecular weight is 436 g/mol. The van der Waals surface area contributed by atoms with Crippen molar-refractivity contribution in [1.82, 2.24) is 9.88 Å². The minimum Gasteiger partial charge on any atom is -1.00 e. The number of methoxy groups -OCH3 is 4. The minimum atomic E-state index is -0.557. The van der Waals surface area contributed by atoms with E-state index in [0.717, 1.165) is 10.9 Å². The fraction of sp³-hybridized carbons (Fsp3) is 0.273. The van der Waals surface area contributed by atoms with E-state index in [-0.39, 0.29) is 49.1 Å². The second-order valence-corrected chi connectivity index (χ2v) is 6.43. The smallest absolute Gasteiger partial charge is 1.00 e. The van der Waals surface area contributed by atoms with Crippen LogP contribution < -0.4 is 49.1 Å². The average Bonchev–Trinajstić information content (AvgIpc) is 3.10. The maximum Gasteiger partial charge on any atom is 1.00 e. The van der Waals surface area contributed by atoms with Crippen LogP contribution in [0, 0.1) is 0 Å². The molecule has 0 aliphatic carbocycles. The molecule has 1 amide bonds. The summed E-state index contributed by atoms with van der Waals surface area (Å²) < 4.78 is 22.8. The van der Waals surface area contributed by atoms with Crippen LogP contribution in [-0.4, -0.2) is 51.9 Å². The predicted octanol–water partition coefficient (Wildman–Crippen LogP) is -0.0168. The molecular formula is C22H25N2NaO6. The number of carbonyl (C=O) groups is 2. The molecule has 0 unspecified atom stereocenters. The fourth-order valence-corrected chi connectivity index (χ4v) is 3.42. The molecule has 0 saturated heterocycles. The molecule has 0 fully saturated rings. The van der Waals surface area contributed by atoms with E-state index in [1.165, 1.54) is 14.2 Å². The van der Waals surface area contributed by atoms with E-state index < -0.39 is 5.97 Å². The van der Waals surface area contributed by atoms with Crippen LogP contribution in [0.1, 0.15) is 11.9 Å². The molecule has 0 radical (unpaired) electrons. The van der Waals surface area contributed by atoms with Crippen molar-refractivity contribution in [1.29, 1.82) is 0 Å². The third kappa shape index (κ3) is 4.66. The first-order chi connectivity index (χ1) is 14.5. The summed E-state index contributed by atoms with van der Waals surface area (Å²) >= 11 is 0. The topological polar surface area (TPSA) is 88.0 Å². The monoisotopic (exact) mass is 436 g/mol. The summed E-state index contributed by atoms with van der Waals surface area (Å²) in [6.07, 6.45) is 0. The van der Waals surface area contributed by atoms with Crippen molar-refractivity contribution in [3.05, 3.63) is 42.1 Å². The van der Waals surface area contributed by atoms with Gasteiger partial charge in [0.1, 0.15) is 18.0 Å². The Kier molecular flexibility index (Phi) is 8.38. The number of carbonyl (C=O) groups excluding carboxylic acids is 2. The van der Waals surface area contributed by atoms with Crippen molar-refractivity contribution in [2.75, 3.05) is 35.5 Å². The van der Waals surface area contributed by atoms with Gasteiger partial charge in [0.15, 0.2) is 11.5 Å². The van der Waals surface area contributed by atoms with Crippen molar-refractivity contribution in [3.8, 4) is 28.4 Å². The van der Waals surface area contributed by atoms with Crippen LogP contribution in [0.2, 0.25) is 0 Å². The minimum absolute atomic E-state index is 0. The van der Waals surface area contributed by atoms with E-state index in [0.29, 0.717) is 28.3 Å². The Morgan fingerprint density at radius 2 is 1.58 bits per heavy atom. The third-order valence-electron chi connectivity index (χ3n) is 4.91. The second-order valence-electron chi connectivity index (χ2n) is 6.43. The van der Waals surface area contributed by atoms with Gasteiger partial charge in [-0.15, -0.1) is 0 Å². The third-order valence-corrected chi connectivity index (χ3v) is 4.91. The van der Waals surface area contributed by atoms with Gasteiger partial charge < -0.3 is 30.3 Å². The fourth-order valence-electron chi connectivity index (χ4n) is 3.42. The number of hydrogen-bond donors (Lipinski definition) is 1. The molecule has 0 atom stereocenters. The van der Waals surface area contributed by atoms with Crippen LogP contribution in [0.25, 0.3) is 22.0 Å². The molecule has 0 aliphatic heterocycles. The van der Waals surface area contributed by atoms with Crippen LogP contribution in [0.15, 0.2) is 36.4 Å². The zero-order valence-corrected chi connectivity index (χ0v) is 20.6. The number of aromatic nitrogens is 1. The van der Waals surface area contributed by atoms with Gasteiger partial charge in [-0.2, -0.15) is 0 Å². The molecule has 0 spiro atoms. The van der Waals surface area contributed by atoms with Gasteiger partial charge in [-0.3, -0.25) is 4.79 Å². The number of esters is 1. The van der Waals surface area contributed by atoms with E-state index in [2.05, 4.69) is 5.32 Å². The summed E-state index contributed by atoms with van der Waals surface area (Å²) in [6.45, 7) is -0.0664. The van der Waals surface area contributed by atoms with Crippen LogP contribution in [-0.2, 0) is 16.1 Å². The summed E-state index contributed by atoms with van der Waals surface area (Å²) in [5.74, 6) is 0.866. The van der Waals surface area contributed by atoms with E-state index >= 15 is 0 Å². The quantitative estimate of drug-likeness (QED) is 0.414. The Morgan fingerprint density at radius 1 is 0.968 bits per heavy atom. The molecule has 0 saturated carbocycles. The van der Waals surface area contributed by atoms with Crippen molar-refractivity contribution < 1.29 is 59.5 Å². The van der Waals surface area contributed by atoms with Gasteiger partial charge in [0, 0.05) is 24.1 Å².